The first-order valence-corrected chi connectivity index (χ1v) is 9.19. The first kappa shape index (κ1) is 19.6. The Morgan fingerprint density at radius 1 is 1.10 bits per heavy atom. The minimum atomic E-state index is -0.424. The van der Waals surface area contributed by atoms with Crippen molar-refractivity contribution in [3.63, 3.8) is 0 Å². The highest BCUT2D eigenvalue weighted by molar-refractivity contribution is 5.62. The zero-order chi connectivity index (χ0) is 21.1. The average Bonchev–Trinajstić information content (AvgIpc) is 3.23. The summed E-state index contributed by atoms with van der Waals surface area (Å²) in [6.07, 6.45) is 1.52. The number of aliphatic hydroxyl groups excluding tert-OH is 1. The van der Waals surface area contributed by atoms with E-state index in [1.165, 1.54) is 16.8 Å². The van der Waals surface area contributed by atoms with E-state index in [1.807, 2.05) is 18.2 Å². The molecule has 0 spiro atoms. The maximum atomic E-state index is 14.2. The van der Waals surface area contributed by atoms with Gasteiger partial charge in [0.1, 0.15) is 5.82 Å². The first-order chi connectivity index (χ1) is 14.6. The second-order valence-electron chi connectivity index (χ2n) is 6.46. The van der Waals surface area contributed by atoms with Gasteiger partial charge in [0, 0.05) is 18.3 Å². The third-order valence-electron chi connectivity index (χ3n) is 4.62. The zero-order valence-corrected chi connectivity index (χ0v) is 16.5. The van der Waals surface area contributed by atoms with Crippen molar-refractivity contribution in [2.75, 3.05) is 19.5 Å². The van der Waals surface area contributed by atoms with Crippen LogP contribution in [0.5, 0.6) is 11.5 Å². The van der Waals surface area contributed by atoms with E-state index in [2.05, 4.69) is 20.4 Å². The molecule has 0 aliphatic carbocycles. The lowest BCUT2D eigenvalue weighted by Gasteiger charge is -2.11. The third kappa shape index (κ3) is 3.62. The average molecular weight is 409 g/mol. The Morgan fingerprint density at radius 3 is 2.63 bits per heavy atom. The van der Waals surface area contributed by atoms with Gasteiger partial charge in [-0.05, 0) is 29.8 Å². The number of benzene rings is 2. The molecule has 0 aliphatic rings. The summed E-state index contributed by atoms with van der Waals surface area (Å²) in [5, 5.41) is 17.2. The van der Waals surface area contributed by atoms with Crippen molar-refractivity contribution < 1.29 is 19.0 Å². The van der Waals surface area contributed by atoms with Gasteiger partial charge in [-0.15, -0.1) is 5.10 Å². The molecule has 0 fully saturated rings. The van der Waals surface area contributed by atoms with Crippen molar-refractivity contribution in [2.45, 2.75) is 13.2 Å². The normalized spacial score (nSPS) is 10.9. The Labute approximate surface area is 171 Å². The number of halogens is 1. The van der Waals surface area contributed by atoms with Crippen molar-refractivity contribution in [1.29, 1.82) is 0 Å². The first-order valence-electron chi connectivity index (χ1n) is 9.19. The van der Waals surface area contributed by atoms with Gasteiger partial charge in [0.25, 0.3) is 0 Å². The second kappa shape index (κ2) is 8.34. The fourth-order valence-corrected chi connectivity index (χ4v) is 3.08. The molecule has 8 nitrogen and oxygen atoms in total. The number of ether oxygens (including phenoxy) is 2. The predicted octanol–water partition coefficient (Wildman–Crippen LogP) is 3.05. The standard InChI is InChI=1S/C21H20FN5O3/c1-29-17-8-7-13(9-18(17)30-2)10-23-21-24-11-14(12-28)20-25-19(26-27(20)21)15-5-3-4-6-16(15)22/h3-9,11,28H,10,12H2,1-2H3,(H,23,24). The molecule has 2 aromatic heterocycles. The number of aliphatic hydroxyl groups is 1. The molecule has 0 saturated carbocycles. The highest BCUT2D eigenvalue weighted by Crippen LogP contribution is 2.28. The molecular formula is C21H20FN5O3. The molecular weight excluding hydrogens is 389 g/mol. The van der Waals surface area contributed by atoms with Crippen molar-refractivity contribution in [2.24, 2.45) is 0 Å². The Kier molecular flexibility index (Phi) is 5.44. The summed E-state index contributed by atoms with van der Waals surface area (Å²) < 4.78 is 26.3. The Hall–Kier alpha value is -3.72. The molecule has 2 aromatic carbocycles. The highest BCUT2D eigenvalue weighted by Gasteiger charge is 2.16. The lowest BCUT2D eigenvalue weighted by Crippen LogP contribution is -2.09. The van der Waals surface area contributed by atoms with Crippen LogP contribution in [-0.2, 0) is 13.2 Å². The maximum Gasteiger partial charge on any atom is 0.226 e. The molecule has 0 radical (unpaired) electrons. The number of nitrogens with one attached hydrogen (secondary N) is 1. The molecule has 4 rings (SSSR count). The maximum absolute atomic E-state index is 14.2. The summed E-state index contributed by atoms with van der Waals surface area (Å²) in [5.41, 5.74) is 2.10. The number of hydrogen-bond donors (Lipinski definition) is 2. The topological polar surface area (TPSA) is 93.8 Å². The van der Waals surface area contributed by atoms with Crippen LogP contribution in [0.15, 0.2) is 48.7 Å². The van der Waals surface area contributed by atoms with Gasteiger partial charge in [-0.25, -0.2) is 14.4 Å². The summed E-state index contributed by atoms with van der Waals surface area (Å²) in [5.74, 6) is 1.46. The Balaban J connectivity index is 1.69. The van der Waals surface area contributed by atoms with Crippen LogP contribution < -0.4 is 14.8 Å². The highest BCUT2D eigenvalue weighted by atomic mass is 19.1. The molecule has 154 valence electrons. The number of fused-ring (bicyclic) bond motifs is 1. The molecule has 2 N–H and O–H groups in total. The van der Waals surface area contributed by atoms with E-state index in [0.29, 0.717) is 35.2 Å². The van der Waals surface area contributed by atoms with Crippen LogP contribution in [0.25, 0.3) is 17.0 Å². The van der Waals surface area contributed by atoms with Crippen LogP contribution in [0.4, 0.5) is 10.3 Å². The van der Waals surface area contributed by atoms with Gasteiger partial charge in [0.15, 0.2) is 23.0 Å². The number of methoxy groups -OCH3 is 2. The van der Waals surface area contributed by atoms with Crippen molar-refractivity contribution >= 4 is 11.6 Å². The van der Waals surface area contributed by atoms with Crippen molar-refractivity contribution in [3.8, 4) is 22.9 Å². The van der Waals surface area contributed by atoms with Gasteiger partial charge in [0.2, 0.25) is 5.95 Å². The molecule has 9 heteroatoms. The van der Waals surface area contributed by atoms with Gasteiger partial charge >= 0.3 is 0 Å². The van der Waals surface area contributed by atoms with Crippen molar-refractivity contribution in [1.82, 2.24) is 19.6 Å². The fourth-order valence-electron chi connectivity index (χ4n) is 3.08. The van der Waals surface area contributed by atoms with Gasteiger partial charge in [-0.3, -0.25) is 0 Å². The summed E-state index contributed by atoms with van der Waals surface area (Å²) in [4.78, 5) is 8.75. The van der Waals surface area contributed by atoms with Crippen LogP contribution in [0, 0.1) is 5.82 Å². The predicted molar refractivity (Wildman–Crippen MR) is 109 cm³/mol. The van der Waals surface area contributed by atoms with E-state index in [-0.39, 0.29) is 18.0 Å². The minimum Gasteiger partial charge on any atom is -0.493 e. The van der Waals surface area contributed by atoms with Crippen LogP contribution in [0.2, 0.25) is 0 Å². The lowest BCUT2D eigenvalue weighted by atomic mass is 10.2. The number of hydrogen-bond acceptors (Lipinski definition) is 7. The second-order valence-corrected chi connectivity index (χ2v) is 6.46. The molecule has 0 atom stereocenters. The number of aromatic nitrogens is 4. The minimum absolute atomic E-state index is 0.213. The van der Waals surface area contributed by atoms with E-state index in [1.54, 1.807) is 32.4 Å². The fraction of sp³-hybridized carbons (Fsp3) is 0.190. The molecule has 30 heavy (non-hydrogen) atoms. The summed E-state index contributed by atoms with van der Waals surface area (Å²) >= 11 is 0. The van der Waals surface area contributed by atoms with Gasteiger partial charge in [-0.1, -0.05) is 18.2 Å². The van der Waals surface area contributed by atoms with E-state index in [0.717, 1.165) is 5.56 Å². The van der Waals surface area contributed by atoms with E-state index in [9.17, 15) is 9.50 Å². The van der Waals surface area contributed by atoms with E-state index in [4.69, 9.17) is 9.47 Å². The van der Waals surface area contributed by atoms with Gasteiger partial charge in [-0.2, -0.15) is 4.52 Å². The number of nitrogens with zero attached hydrogens (tertiary/aromatic N) is 4. The zero-order valence-electron chi connectivity index (χ0n) is 16.5. The van der Waals surface area contributed by atoms with Crippen LogP contribution >= 0.6 is 0 Å². The van der Waals surface area contributed by atoms with Crippen LogP contribution in [-0.4, -0.2) is 38.9 Å². The van der Waals surface area contributed by atoms with E-state index < -0.39 is 5.82 Å². The summed E-state index contributed by atoms with van der Waals surface area (Å²) in [6.45, 7) is 0.164. The van der Waals surface area contributed by atoms with Crippen molar-refractivity contribution in [3.05, 3.63) is 65.6 Å². The van der Waals surface area contributed by atoms with E-state index >= 15 is 0 Å². The molecule has 0 amide bonds. The molecule has 0 unspecified atom stereocenters. The molecule has 0 saturated heterocycles. The number of anilines is 1. The largest absolute Gasteiger partial charge is 0.493 e. The summed E-state index contributed by atoms with van der Waals surface area (Å²) in [6, 6.07) is 11.8. The van der Waals surface area contributed by atoms with Gasteiger partial charge in [0.05, 0.1) is 26.4 Å². The molecule has 0 bridgehead atoms. The molecule has 0 aliphatic heterocycles. The Bertz CT molecular complexity index is 1190. The number of rotatable bonds is 7. The lowest BCUT2D eigenvalue weighted by molar-refractivity contribution is 0.282. The molecule has 2 heterocycles. The van der Waals surface area contributed by atoms with Crippen LogP contribution in [0.3, 0.4) is 0 Å². The van der Waals surface area contributed by atoms with Gasteiger partial charge < -0.3 is 19.9 Å². The summed E-state index contributed by atoms with van der Waals surface area (Å²) in [7, 11) is 3.16. The smallest absolute Gasteiger partial charge is 0.226 e. The van der Waals surface area contributed by atoms with Crippen LogP contribution in [0.1, 0.15) is 11.1 Å². The Morgan fingerprint density at radius 2 is 1.90 bits per heavy atom. The third-order valence-corrected chi connectivity index (χ3v) is 4.62. The quantitative estimate of drug-likeness (QED) is 0.485. The molecule has 4 aromatic rings. The monoisotopic (exact) mass is 409 g/mol. The SMILES string of the molecule is COc1ccc(CNc2ncc(CO)c3nc(-c4ccccc4F)nn23)cc1OC.